The van der Waals surface area contributed by atoms with Gasteiger partial charge in [0.05, 0.1) is 37.9 Å². The predicted octanol–water partition coefficient (Wildman–Crippen LogP) is 13.0. The number of nitro benzene ring substituents is 2. The fourth-order valence-electron chi connectivity index (χ4n) is 10.4. The third kappa shape index (κ3) is 9.03. The molecule has 2 aliphatic rings. The van der Waals surface area contributed by atoms with Crippen molar-refractivity contribution < 1.29 is 29.0 Å². The lowest BCUT2D eigenvalue weighted by Gasteiger charge is -2.33. The molecule has 65 heavy (non-hydrogen) atoms. The number of hydrogen-bond acceptors (Lipinski definition) is 11. The maximum atomic E-state index is 14.4. The maximum Gasteiger partial charge on any atom is 0.278 e. The molecule has 15 nitrogen and oxygen atoms in total. The number of carbonyl (C=O) groups is 4. The maximum absolute atomic E-state index is 14.4. The first kappa shape index (κ1) is 47.0. The van der Waals surface area contributed by atoms with Crippen molar-refractivity contribution in [2.75, 3.05) is 0 Å². The molecule has 2 heterocycles. The molecule has 5 aromatic rings. The summed E-state index contributed by atoms with van der Waals surface area (Å²) < 4.78 is 0. The molecular formula is C50H61N7O8. The summed E-state index contributed by atoms with van der Waals surface area (Å²) in [6.07, 6.45) is 20.2. The smallest absolute Gasteiger partial charge is 0.278 e. The number of rotatable bonds is 27. The van der Waals surface area contributed by atoms with E-state index in [2.05, 4.69) is 19.0 Å². The lowest BCUT2D eigenvalue weighted by molar-refractivity contribution is -0.383. The number of nitro groups is 2. The molecule has 0 saturated heterocycles. The third-order valence-corrected chi connectivity index (χ3v) is 13.7. The molecular weight excluding hydrogens is 827 g/mol. The highest BCUT2D eigenvalue weighted by atomic mass is 16.6. The van der Waals surface area contributed by atoms with Crippen molar-refractivity contribution in [3.8, 4) is 0 Å². The van der Waals surface area contributed by atoms with Gasteiger partial charge < -0.3 is 5.73 Å². The number of unbranched alkanes of at least 4 members (excludes halogenated alkanes) is 18. The van der Waals surface area contributed by atoms with Crippen LogP contribution >= 0.6 is 0 Å². The number of non-ortho nitro benzene ring substituents is 2. The SMILES string of the molecule is CCCCCCCCCCCCC(N)N1C(=O)c2ccc3c4c([N+](=O)[O-])cc5c6c(ccc(c7c([N+](=O)[O-])cc(c2c37)C1=O)c64)C(=O)N(C(CCCCCCCCCCCC)N=N)C5=O. The minimum atomic E-state index is -1.13. The van der Waals surface area contributed by atoms with Gasteiger partial charge in [-0.15, -0.1) is 0 Å². The number of benzene rings is 5. The van der Waals surface area contributed by atoms with Crippen molar-refractivity contribution in [2.45, 2.75) is 167 Å². The molecule has 0 saturated carbocycles. The molecule has 7 rings (SSSR count). The summed E-state index contributed by atoms with van der Waals surface area (Å²) in [6.45, 7) is 4.39. The van der Waals surface area contributed by atoms with Crippen molar-refractivity contribution in [3.63, 3.8) is 0 Å². The van der Waals surface area contributed by atoms with Gasteiger partial charge in [0.25, 0.3) is 35.0 Å². The van der Waals surface area contributed by atoms with Gasteiger partial charge >= 0.3 is 0 Å². The van der Waals surface area contributed by atoms with Crippen molar-refractivity contribution in [1.82, 2.24) is 9.80 Å². The fourth-order valence-corrected chi connectivity index (χ4v) is 10.4. The van der Waals surface area contributed by atoms with E-state index in [1.54, 1.807) is 0 Å². The second kappa shape index (κ2) is 20.9. The van der Waals surface area contributed by atoms with E-state index in [4.69, 9.17) is 11.3 Å². The minimum Gasteiger partial charge on any atom is -0.311 e. The van der Waals surface area contributed by atoms with Crippen LogP contribution in [0.15, 0.2) is 41.5 Å². The van der Waals surface area contributed by atoms with Crippen LogP contribution in [0.25, 0.3) is 43.1 Å². The highest BCUT2D eigenvalue weighted by molar-refractivity contribution is 6.43. The quantitative estimate of drug-likeness (QED) is 0.00971. The van der Waals surface area contributed by atoms with E-state index >= 15 is 0 Å². The first-order chi connectivity index (χ1) is 31.5. The van der Waals surface area contributed by atoms with E-state index in [1.807, 2.05) is 0 Å². The number of amides is 4. The molecule has 344 valence electrons. The Morgan fingerprint density at radius 3 is 1.26 bits per heavy atom. The first-order valence-corrected chi connectivity index (χ1v) is 23.9. The van der Waals surface area contributed by atoms with Gasteiger partial charge in [0, 0.05) is 44.8 Å². The molecule has 4 amide bonds. The Bertz CT molecular complexity index is 2660. The number of nitrogens with two attached hydrogens (primary N) is 1. The van der Waals surface area contributed by atoms with Crippen LogP contribution in [0, 0.1) is 25.8 Å². The van der Waals surface area contributed by atoms with Gasteiger partial charge in [-0.3, -0.25) is 44.3 Å². The number of imide groups is 2. The minimum absolute atomic E-state index is 0.0113. The van der Waals surface area contributed by atoms with Gasteiger partial charge in [-0.1, -0.05) is 148 Å². The molecule has 15 heteroatoms. The second-order valence-electron chi connectivity index (χ2n) is 18.1. The Labute approximate surface area is 378 Å². The summed E-state index contributed by atoms with van der Waals surface area (Å²) in [7, 11) is 0. The molecule has 0 aliphatic carbocycles. The molecule has 0 fully saturated rings. The number of fused-ring (bicyclic) bond motifs is 2. The van der Waals surface area contributed by atoms with E-state index in [0.717, 1.165) is 73.3 Å². The van der Waals surface area contributed by atoms with E-state index in [0.29, 0.717) is 19.3 Å². The van der Waals surface area contributed by atoms with Crippen LogP contribution in [0.3, 0.4) is 0 Å². The summed E-state index contributed by atoms with van der Waals surface area (Å²) in [6, 6.07) is 8.11. The normalized spacial score (nSPS) is 14.8. The molecule has 2 unspecified atom stereocenters. The van der Waals surface area contributed by atoms with E-state index in [-0.39, 0.29) is 71.8 Å². The lowest BCUT2D eigenvalue weighted by Crippen LogP contribution is -2.51. The second-order valence-corrected chi connectivity index (χ2v) is 18.1. The Morgan fingerprint density at radius 2 is 0.862 bits per heavy atom. The molecule has 0 radical (unpaired) electrons. The Kier molecular flexibility index (Phi) is 15.1. The van der Waals surface area contributed by atoms with Crippen LogP contribution in [-0.4, -0.2) is 55.6 Å². The number of hydrogen-bond donors (Lipinski definition) is 2. The topological polar surface area (TPSA) is 223 Å². The van der Waals surface area contributed by atoms with Gasteiger partial charge in [-0.25, -0.2) is 10.4 Å². The zero-order chi connectivity index (χ0) is 46.4. The lowest BCUT2D eigenvalue weighted by atomic mass is 9.81. The molecule has 0 spiro atoms. The van der Waals surface area contributed by atoms with Crippen LogP contribution in [-0.2, 0) is 0 Å². The number of nitrogens with one attached hydrogen (secondary N) is 1. The molecule has 5 aromatic carbocycles. The Morgan fingerprint density at radius 1 is 0.508 bits per heavy atom. The monoisotopic (exact) mass is 887 g/mol. The van der Waals surface area contributed by atoms with E-state index in [9.17, 15) is 39.4 Å². The van der Waals surface area contributed by atoms with Gasteiger partial charge in [0.1, 0.15) is 0 Å². The predicted molar refractivity (Wildman–Crippen MR) is 252 cm³/mol. The van der Waals surface area contributed by atoms with Gasteiger partial charge in [-0.2, -0.15) is 5.11 Å². The molecule has 2 aliphatic heterocycles. The van der Waals surface area contributed by atoms with Gasteiger partial charge in [0.15, 0.2) is 6.17 Å². The van der Waals surface area contributed by atoms with Gasteiger partial charge in [0.2, 0.25) is 0 Å². The largest absolute Gasteiger partial charge is 0.311 e. The molecule has 0 bridgehead atoms. The van der Waals surface area contributed by atoms with Crippen molar-refractivity contribution in [2.24, 2.45) is 10.8 Å². The summed E-state index contributed by atoms with van der Waals surface area (Å²) in [4.78, 5) is 84.0. The Hall–Kier alpha value is -5.96. The van der Waals surface area contributed by atoms with Crippen molar-refractivity contribution in [3.05, 3.63) is 78.9 Å². The molecule has 0 aromatic heterocycles. The summed E-state index contributed by atoms with van der Waals surface area (Å²) in [5.41, 5.74) is 13.4. The molecule has 3 N–H and O–H groups in total. The zero-order valence-corrected chi connectivity index (χ0v) is 37.8. The van der Waals surface area contributed by atoms with Crippen LogP contribution in [0.1, 0.15) is 197 Å². The standard InChI is InChI=1S/C50H61N7O8/c1-3-5-7-9-11-13-15-17-19-21-23-39(51)54-47(58)33-27-25-31-44-38(57(64)65)30-36-42-34(28-26-32(46(42)44)43-37(56(62)63)29-35(49(54)60)41(33)45(31)43)48(59)55(50(36)61)40(53-52)24-22-20-18-16-14-12-10-8-6-4-2/h25-30,39-40,52H,3-24,51H2,1-2H3. The summed E-state index contributed by atoms with van der Waals surface area (Å²) in [5.74, 6) is -3.03. The van der Waals surface area contributed by atoms with E-state index < -0.39 is 57.2 Å². The highest BCUT2D eigenvalue weighted by Crippen LogP contribution is 2.51. The number of carbonyl (C=O) groups excluding carboxylic acids is 4. The van der Waals surface area contributed by atoms with Crippen LogP contribution < -0.4 is 5.73 Å². The average molecular weight is 888 g/mol. The average Bonchev–Trinajstić information content (AvgIpc) is 3.29. The van der Waals surface area contributed by atoms with Crippen LogP contribution in [0.2, 0.25) is 0 Å². The fraction of sp³-hybridized carbons (Fsp3) is 0.520. The summed E-state index contributed by atoms with van der Waals surface area (Å²) >= 11 is 0. The van der Waals surface area contributed by atoms with E-state index in [1.165, 1.54) is 88.5 Å². The van der Waals surface area contributed by atoms with Gasteiger partial charge in [-0.05, 0) is 42.2 Å². The third-order valence-electron chi connectivity index (χ3n) is 13.7. The molecule has 2 atom stereocenters. The van der Waals surface area contributed by atoms with Crippen LogP contribution in [0.4, 0.5) is 11.4 Å². The van der Waals surface area contributed by atoms with Crippen molar-refractivity contribution in [1.29, 1.82) is 5.53 Å². The first-order valence-electron chi connectivity index (χ1n) is 23.9. The summed E-state index contributed by atoms with van der Waals surface area (Å²) in [5, 5.41) is 30.6. The number of nitrogens with zero attached hydrogens (tertiary/aromatic N) is 5. The van der Waals surface area contributed by atoms with Crippen molar-refractivity contribution >= 4 is 78.1 Å². The zero-order valence-electron chi connectivity index (χ0n) is 37.8. The Balaban J connectivity index is 1.21. The van der Waals surface area contributed by atoms with Crippen LogP contribution in [0.5, 0.6) is 0 Å². The highest BCUT2D eigenvalue weighted by Gasteiger charge is 2.43.